The minimum Gasteiger partial charge on any atom is -0.481 e. The average molecular weight is 74.1 g/mol. The van der Waals surface area contributed by atoms with Crippen LogP contribution in [-0.4, -0.2) is 11.1 Å². The molecule has 0 spiro atoms. The summed E-state index contributed by atoms with van der Waals surface area (Å²) in [5.74, 6) is -0.745. The second kappa shape index (κ2) is 1.76. The van der Waals surface area contributed by atoms with Crippen LogP contribution in [0.1, 0.15) is 13.3 Å². The van der Waals surface area contributed by atoms with Gasteiger partial charge in [-0.25, -0.2) is 0 Å². The number of hydrogen-bond donors (Lipinski definition) is 1. The van der Waals surface area contributed by atoms with Crippen molar-refractivity contribution >= 4 is 5.97 Å². The molecule has 0 fully saturated rings. The van der Waals surface area contributed by atoms with Crippen LogP contribution in [-0.2, 0) is 4.79 Å². The molecule has 0 bridgehead atoms. The molecule has 0 radical (unpaired) electrons. The molecule has 0 aromatic rings. The van der Waals surface area contributed by atoms with Crippen LogP contribution in [0.4, 0.5) is 0 Å². The van der Waals surface area contributed by atoms with Gasteiger partial charge in [0.05, 0.1) is 0 Å². The highest BCUT2D eigenvalue weighted by atomic mass is 16.4. The third-order valence-corrected chi connectivity index (χ3v) is 0.302. The summed E-state index contributed by atoms with van der Waals surface area (Å²) >= 11 is 0. The van der Waals surface area contributed by atoms with Crippen LogP contribution in [0.5, 0.6) is 0 Å². The summed E-state index contributed by atoms with van der Waals surface area (Å²) in [6, 6.07) is 0. The molecule has 2 heteroatoms. The summed E-state index contributed by atoms with van der Waals surface area (Å²) in [6.07, 6.45) is 0.222. The van der Waals surface area contributed by atoms with E-state index in [2.05, 4.69) is 0 Å². The minimum atomic E-state index is -0.745. The predicted molar refractivity (Wildman–Crippen MR) is 17.9 cm³/mol. The lowest BCUT2D eigenvalue weighted by Crippen LogP contribution is -1.86. The standard InChI is InChI=1S/C3H6O2/c1-2-3(4)5/h2H2,1H3,(H,4,5)/i3+0. The summed E-state index contributed by atoms with van der Waals surface area (Å²) in [6.45, 7) is 1.60. The van der Waals surface area contributed by atoms with Crippen LogP contribution in [0, 0.1) is 0 Å². The molecule has 0 aromatic heterocycles. The van der Waals surface area contributed by atoms with E-state index in [9.17, 15) is 4.79 Å². The van der Waals surface area contributed by atoms with Crippen molar-refractivity contribution in [1.82, 2.24) is 0 Å². The molecule has 0 atom stereocenters. The molecule has 0 aliphatic carbocycles. The third kappa shape index (κ3) is 3.47. The molecule has 0 amide bonds. The van der Waals surface area contributed by atoms with E-state index in [1.54, 1.807) is 6.92 Å². The summed E-state index contributed by atoms with van der Waals surface area (Å²) < 4.78 is 0. The first-order valence-electron chi connectivity index (χ1n) is 1.49. The first-order valence-corrected chi connectivity index (χ1v) is 1.49. The molecule has 30 valence electrons. The maximum absolute atomic E-state index is 9.37. The van der Waals surface area contributed by atoms with Crippen molar-refractivity contribution in [2.75, 3.05) is 0 Å². The van der Waals surface area contributed by atoms with Gasteiger partial charge in [0, 0.05) is 6.42 Å². The lowest BCUT2D eigenvalue weighted by Gasteiger charge is -1.71. The van der Waals surface area contributed by atoms with E-state index in [1.165, 1.54) is 0 Å². The zero-order valence-electron chi connectivity index (χ0n) is 3.06. The van der Waals surface area contributed by atoms with Gasteiger partial charge in [-0.1, -0.05) is 6.92 Å². The van der Waals surface area contributed by atoms with Gasteiger partial charge in [0.15, 0.2) is 0 Å². The predicted octanol–water partition coefficient (Wildman–Crippen LogP) is 0.481. The van der Waals surface area contributed by atoms with E-state index < -0.39 is 5.97 Å². The van der Waals surface area contributed by atoms with Crippen LogP contribution in [0.2, 0.25) is 0 Å². The van der Waals surface area contributed by atoms with Gasteiger partial charge in [0.1, 0.15) is 0 Å². The lowest BCUT2D eigenvalue weighted by molar-refractivity contribution is -0.136. The quantitative estimate of drug-likeness (QED) is 0.491. The van der Waals surface area contributed by atoms with E-state index >= 15 is 0 Å². The molecule has 0 saturated heterocycles. The van der Waals surface area contributed by atoms with Crippen LogP contribution in [0.25, 0.3) is 0 Å². The maximum atomic E-state index is 9.37. The van der Waals surface area contributed by atoms with Crippen molar-refractivity contribution in [3.05, 3.63) is 0 Å². The molecule has 0 aliphatic heterocycles. The van der Waals surface area contributed by atoms with Gasteiger partial charge >= 0.3 is 5.97 Å². The van der Waals surface area contributed by atoms with Crippen LogP contribution < -0.4 is 0 Å². The minimum absolute atomic E-state index is 0.222. The highest BCUT2D eigenvalue weighted by Gasteiger charge is 1.80. The number of aliphatic carboxylic acids is 1. The Kier molecular flexibility index (Phi) is 1.57. The Morgan fingerprint density at radius 2 is 2.20 bits per heavy atom. The molecule has 0 aliphatic rings. The molecule has 5 heavy (non-hydrogen) atoms. The van der Waals surface area contributed by atoms with Crippen LogP contribution in [0.15, 0.2) is 0 Å². The first kappa shape index (κ1) is 4.47. The molecular weight excluding hydrogens is 68.0 g/mol. The Hall–Kier alpha value is -0.530. The zero-order valence-corrected chi connectivity index (χ0v) is 3.06. The molecule has 0 rings (SSSR count). The Morgan fingerprint density at radius 1 is 2.00 bits per heavy atom. The number of carbonyl (C=O) groups is 1. The number of hydrogen-bond acceptors (Lipinski definition) is 1. The van der Waals surface area contributed by atoms with E-state index in [4.69, 9.17) is 5.11 Å². The molecular formula is C3H6O2. The number of carboxylic acid groups (broad SMARTS) is 1. The smallest absolute Gasteiger partial charge is 0.303 e. The third-order valence-electron chi connectivity index (χ3n) is 0.302. The van der Waals surface area contributed by atoms with Gasteiger partial charge < -0.3 is 5.11 Å². The summed E-state index contributed by atoms with van der Waals surface area (Å²) in [5, 5.41) is 7.72. The molecule has 0 unspecified atom stereocenters. The van der Waals surface area contributed by atoms with Crippen LogP contribution in [0.3, 0.4) is 0 Å². The van der Waals surface area contributed by atoms with Gasteiger partial charge in [0.2, 0.25) is 0 Å². The number of rotatable bonds is 1. The topological polar surface area (TPSA) is 37.3 Å². The monoisotopic (exact) mass is 74.0 g/mol. The molecule has 0 saturated carbocycles. The highest BCUT2D eigenvalue weighted by Crippen LogP contribution is 1.67. The lowest BCUT2D eigenvalue weighted by atomic mass is 10.5. The Bertz CT molecular complexity index is 40.2. The second-order valence-electron chi connectivity index (χ2n) is 0.747. The normalized spacial score (nSPS) is 7.40. The highest BCUT2D eigenvalue weighted by molar-refractivity contribution is 5.66. The SMILES string of the molecule is CC[12C](=O)O. The van der Waals surface area contributed by atoms with E-state index in [0.29, 0.717) is 0 Å². The molecule has 0 heterocycles. The molecule has 1 N–H and O–H groups in total. The zero-order chi connectivity index (χ0) is 4.28. The van der Waals surface area contributed by atoms with Crippen molar-refractivity contribution in [3.8, 4) is 0 Å². The van der Waals surface area contributed by atoms with Crippen molar-refractivity contribution < 1.29 is 9.90 Å². The second-order valence-corrected chi connectivity index (χ2v) is 0.747. The van der Waals surface area contributed by atoms with Gasteiger partial charge in [-0.3, -0.25) is 4.79 Å². The van der Waals surface area contributed by atoms with Crippen molar-refractivity contribution in [3.63, 3.8) is 0 Å². The summed E-state index contributed by atoms with van der Waals surface area (Å²) in [4.78, 5) is 9.37. The Labute approximate surface area is 30.4 Å². The summed E-state index contributed by atoms with van der Waals surface area (Å²) in [7, 11) is 0. The van der Waals surface area contributed by atoms with Gasteiger partial charge in [-0.2, -0.15) is 0 Å². The Morgan fingerprint density at radius 3 is 2.20 bits per heavy atom. The Balaban J connectivity index is 2.85. The van der Waals surface area contributed by atoms with E-state index in [-0.39, 0.29) is 6.42 Å². The maximum Gasteiger partial charge on any atom is 0.303 e. The average Bonchev–Trinajstić information content (AvgIpc) is 1.38. The fourth-order valence-electron chi connectivity index (χ4n) is 0. The molecule has 2 nitrogen and oxygen atoms in total. The van der Waals surface area contributed by atoms with Gasteiger partial charge in [0.25, 0.3) is 0 Å². The largest absolute Gasteiger partial charge is 0.481 e. The van der Waals surface area contributed by atoms with Crippen molar-refractivity contribution in [2.24, 2.45) is 0 Å². The molecule has 0 aromatic carbocycles. The van der Waals surface area contributed by atoms with E-state index in [0.717, 1.165) is 0 Å². The fourth-order valence-corrected chi connectivity index (χ4v) is 0. The first-order chi connectivity index (χ1) is 2.27. The summed E-state index contributed by atoms with van der Waals surface area (Å²) in [5.41, 5.74) is 0. The number of carboxylic acids is 1. The van der Waals surface area contributed by atoms with E-state index in [1.807, 2.05) is 0 Å². The van der Waals surface area contributed by atoms with Crippen molar-refractivity contribution in [2.45, 2.75) is 13.3 Å². The van der Waals surface area contributed by atoms with Gasteiger partial charge in [-0.15, -0.1) is 0 Å². The van der Waals surface area contributed by atoms with Crippen molar-refractivity contribution in [1.29, 1.82) is 0 Å². The van der Waals surface area contributed by atoms with Crippen LogP contribution >= 0.6 is 0 Å². The fraction of sp³-hybridized carbons (Fsp3) is 0.667. The van der Waals surface area contributed by atoms with Gasteiger partial charge in [-0.05, 0) is 0 Å².